The van der Waals surface area contributed by atoms with Gasteiger partial charge in [-0.15, -0.1) is 0 Å². The zero-order valence-corrected chi connectivity index (χ0v) is 21.3. The lowest BCUT2D eigenvalue weighted by molar-refractivity contribution is -0.138. The molecule has 10 heteroatoms. The smallest absolute Gasteiger partial charge is 0.411 e. The number of alkyl halides is 3. The number of hydrogen-bond donors (Lipinski definition) is 0. The number of amides is 2. The molecule has 0 N–H and O–H groups in total. The molecule has 2 amide bonds. The molecule has 4 rings (SSSR count). The molecule has 0 unspecified atom stereocenters. The lowest BCUT2D eigenvalue weighted by Gasteiger charge is -2.44. The summed E-state index contributed by atoms with van der Waals surface area (Å²) < 4.78 is 53.5. The molecule has 1 aromatic rings. The van der Waals surface area contributed by atoms with E-state index < -0.39 is 66.6 Å². The summed E-state index contributed by atoms with van der Waals surface area (Å²) in [5.74, 6) is -2.85. The summed E-state index contributed by atoms with van der Waals surface area (Å²) in [5, 5.41) is 8.99. The molecule has 3 fully saturated rings. The van der Waals surface area contributed by atoms with E-state index in [1.165, 1.54) is 12.1 Å². The highest BCUT2D eigenvalue weighted by Gasteiger charge is 2.76. The molecule has 0 aromatic heterocycles. The number of ether oxygens (including phenoxy) is 1. The summed E-state index contributed by atoms with van der Waals surface area (Å²) in [7, 11) is -2.24. The van der Waals surface area contributed by atoms with Crippen LogP contribution in [0, 0.1) is 23.2 Å². The van der Waals surface area contributed by atoms with Crippen LogP contribution in [0.5, 0.6) is 0 Å². The SMILES string of the molecule is CC(C)(C)[Si](C)(C)O[C@H]1C[C@]2(C)O[C@@]1(C)[C@H]1C(=O)N(c3ccc(C#N)c(C(F)(F)F)c3)C(=O)[C@H]12. The van der Waals surface area contributed by atoms with Gasteiger partial charge in [-0.2, -0.15) is 18.4 Å². The second kappa shape index (κ2) is 7.15. The summed E-state index contributed by atoms with van der Waals surface area (Å²) in [4.78, 5) is 27.9. The predicted octanol–water partition coefficient (Wildman–Crippen LogP) is 5.02. The highest BCUT2D eigenvalue weighted by molar-refractivity contribution is 6.74. The van der Waals surface area contributed by atoms with Crippen molar-refractivity contribution in [1.29, 1.82) is 5.26 Å². The molecular formula is C24H29F3N2O4Si. The summed E-state index contributed by atoms with van der Waals surface area (Å²) in [6, 6.07) is 4.42. The van der Waals surface area contributed by atoms with Crippen LogP contribution in [0.2, 0.25) is 18.1 Å². The van der Waals surface area contributed by atoms with Crippen molar-refractivity contribution in [1.82, 2.24) is 0 Å². The van der Waals surface area contributed by atoms with E-state index in [4.69, 9.17) is 14.4 Å². The number of nitriles is 1. The van der Waals surface area contributed by atoms with Gasteiger partial charge in [-0.05, 0) is 50.2 Å². The second-order valence-electron chi connectivity index (χ2n) is 11.5. The van der Waals surface area contributed by atoms with Gasteiger partial charge in [0.15, 0.2) is 8.32 Å². The first kappa shape index (κ1) is 24.9. The van der Waals surface area contributed by atoms with E-state index in [0.29, 0.717) is 12.5 Å². The van der Waals surface area contributed by atoms with Crippen molar-refractivity contribution in [3.05, 3.63) is 29.3 Å². The number of carbonyl (C=O) groups is 2. The summed E-state index contributed by atoms with van der Waals surface area (Å²) in [6.45, 7) is 14.1. The third kappa shape index (κ3) is 3.35. The van der Waals surface area contributed by atoms with Gasteiger partial charge < -0.3 is 9.16 Å². The van der Waals surface area contributed by atoms with E-state index in [-0.39, 0.29) is 10.7 Å². The van der Waals surface area contributed by atoms with Gasteiger partial charge in [-0.25, -0.2) is 4.90 Å². The first-order chi connectivity index (χ1) is 15.4. The minimum atomic E-state index is -4.80. The molecule has 34 heavy (non-hydrogen) atoms. The molecule has 184 valence electrons. The topological polar surface area (TPSA) is 79.6 Å². The van der Waals surface area contributed by atoms with Crippen molar-refractivity contribution in [2.24, 2.45) is 11.8 Å². The molecule has 0 radical (unpaired) electrons. The number of halogens is 3. The standard InChI is InChI=1S/C24H29F3N2O4Si/c1-21(2,3)34(6,7)32-16-11-22(4)17-18(23(16,5)33-22)20(31)29(19(17)30)14-9-8-13(12-28)15(10-14)24(25,26)27/h8-10,16-18H,11H2,1-7H3/t16-,17-,18+,22-,23+/m0/s1. The molecule has 3 aliphatic rings. The van der Waals surface area contributed by atoms with Crippen molar-refractivity contribution in [2.45, 2.75) is 82.7 Å². The Kier molecular flexibility index (Phi) is 5.23. The number of anilines is 1. The maximum Gasteiger partial charge on any atom is 0.417 e. The zero-order valence-electron chi connectivity index (χ0n) is 20.3. The molecule has 5 atom stereocenters. The van der Waals surface area contributed by atoms with Crippen molar-refractivity contribution >= 4 is 25.8 Å². The van der Waals surface area contributed by atoms with Gasteiger partial charge in [0.2, 0.25) is 11.8 Å². The van der Waals surface area contributed by atoms with Crippen LogP contribution in [0.25, 0.3) is 0 Å². The number of hydrogen-bond acceptors (Lipinski definition) is 5. The Hall–Kier alpha value is -2.22. The van der Waals surface area contributed by atoms with Crippen LogP contribution < -0.4 is 4.90 Å². The fourth-order valence-corrected chi connectivity index (χ4v) is 6.83. The Morgan fingerprint density at radius 3 is 2.26 bits per heavy atom. The van der Waals surface area contributed by atoms with Crippen LogP contribution in [0.1, 0.15) is 52.2 Å². The van der Waals surface area contributed by atoms with Gasteiger partial charge >= 0.3 is 6.18 Å². The van der Waals surface area contributed by atoms with Crippen molar-refractivity contribution < 1.29 is 31.9 Å². The summed E-state index contributed by atoms with van der Waals surface area (Å²) in [5.41, 5.74) is -3.98. The molecule has 2 bridgehead atoms. The molecule has 6 nitrogen and oxygen atoms in total. The van der Waals surface area contributed by atoms with Gasteiger partial charge in [-0.3, -0.25) is 9.59 Å². The number of nitrogens with zero attached hydrogens (tertiary/aromatic N) is 2. The Balaban J connectivity index is 1.73. The van der Waals surface area contributed by atoms with Crippen LogP contribution in [0.4, 0.5) is 18.9 Å². The Bertz CT molecular complexity index is 1120. The second-order valence-corrected chi connectivity index (χ2v) is 16.2. The van der Waals surface area contributed by atoms with E-state index in [1.807, 2.05) is 0 Å². The monoisotopic (exact) mass is 494 g/mol. The maximum atomic E-state index is 13.6. The first-order valence-electron chi connectivity index (χ1n) is 11.2. The van der Waals surface area contributed by atoms with Crippen LogP contribution in [0.15, 0.2) is 18.2 Å². The van der Waals surface area contributed by atoms with E-state index in [9.17, 15) is 22.8 Å². The van der Waals surface area contributed by atoms with Crippen LogP contribution in [-0.2, 0) is 24.9 Å². The molecule has 3 heterocycles. The third-order valence-electron chi connectivity index (χ3n) is 8.19. The van der Waals surface area contributed by atoms with E-state index in [0.717, 1.165) is 11.0 Å². The highest BCUT2D eigenvalue weighted by Crippen LogP contribution is 2.62. The molecule has 0 aliphatic carbocycles. The quantitative estimate of drug-likeness (QED) is 0.435. The Morgan fingerprint density at radius 1 is 1.15 bits per heavy atom. The Labute approximate surface area is 198 Å². The van der Waals surface area contributed by atoms with Crippen molar-refractivity contribution in [3.63, 3.8) is 0 Å². The number of fused-ring (bicyclic) bond motifs is 5. The average Bonchev–Trinajstić information content (AvgIpc) is 3.20. The number of imide groups is 1. The number of benzene rings is 1. The van der Waals surface area contributed by atoms with Gasteiger partial charge in [0.05, 0.1) is 46.4 Å². The molecule has 0 spiro atoms. The van der Waals surface area contributed by atoms with E-state index >= 15 is 0 Å². The van der Waals surface area contributed by atoms with Gasteiger partial charge in [0.1, 0.15) is 5.60 Å². The molecular weight excluding hydrogens is 465 g/mol. The first-order valence-corrected chi connectivity index (χ1v) is 14.2. The van der Waals surface area contributed by atoms with Crippen LogP contribution >= 0.6 is 0 Å². The fraction of sp³-hybridized carbons (Fsp3) is 0.625. The molecule has 0 saturated carbocycles. The largest absolute Gasteiger partial charge is 0.417 e. The maximum absolute atomic E-state index is 13.6. The number of rotatable bonds is 3. The highest BCUT2D eigenvalue weighted by atomic mass is 28.4. The predicted molar refractivity (Wildman–Crippen MR) is 120 cm³/mol. The van der Waals surface area contributed by atoms with Crippen molar-refractivity contribution in [2.75, 3.05) is 4.90 Å². The molecule has 3 saturated heterocycles. The minimum Gasteiger partial charge on any atom is -0.411 e. The average molecular weight is 495 g/mol. The third-order valence-corrected chi connectivity index (χ3v) is 12.7. The van der Waals surface area contributed by atoms with E-state index in [2.05, 4.69) is 33.9 Å². The minimum absolute atomic E-state index is 0.0798. The van der Waals surface area contributed by atoms with Gasteiger partial charge in [0, 0.05) is 6.42 Å². The van der Waals surface area contributed by atoms with Crippen LogP contribution in [-0.4, -0.2) is 37.4 Å². The fourth-order valence-electron chi connectivity index (χ4n) is 5.45. The van der Waals surface area contributed by atoms with Gasteiger partial charge in [0.25, 0.3) is 0 Å². The van der Waals surface area contributed by atoms with Crippen LogP contribution in [0.3, 0.4) is 0 Å². The molecule has 3 aliphatic heterocycles. The summed E-state index contributed by atoms with van der Waals surface area (Å²) >= 11 is 0. The van der Waals surface area contributed by atoms with Crippen molar-refractivity contribution in [3.8, 4) is 6.07 Å². The zero-order chi connectivity index (χ0) is 25.6. The normalized spacial score (nSPS) is 33.4. The van der Waals surface area contributed by atoms with Gasteiger partial charge in [-0.1, -0.05) is 20.8 Å². The Morgan fingerprint density at radius 2 is 1.74 bits per heavy atom. The lowest BCUT2D eigenvalue weighted by atomic mass is 9.67. The summed E-state index contributed by atoms with van der Waals surface area (Å²) in [6.07, 6.45) is -4.79. The lowest BCUT2D eigenvalue weighted by Crippen LogP contribution is -2.55. The number of carbonyl (C=O) groups excluding carboxylic acids is 2. The van der Waals surface area contributed by atoms with E-state index in [1.54, 1.807) is 13.8 Å². The molecule has 1 aromatic carbocycles.